The molecule has 1 aromatic rings. The van der Waals surface area contributed by atoms with Crippen LogP contribution in [0, 0.1) is 5.41 Å². The Morgan fingerprint density at radius 2 is 2.10 bits per heavy atom. The first kappa shape index (κ1) is 15.5. The lowest BCUT2D eigenvalue weighted by Crippen LogP contribution is -2.48. The summed E-state index contributed by atoms with van der Waals surface area (Å²) in [5, 5.41) is 3.36. The maximum atomic E-state index is 5.77. The molecule has 0 saturated carbocycles. The van der Waals surface area contributed by atoms with Crippen LogP contribution in [-0.2, 0) is 11.3 Å². The van der Waals surface area contributed by atoms with E-state index in [1.54, 1.807) is 0 Å². The molecule has 1 unspecified atom stereocenters. The van der Waals surface area contributed by atoms with Crippen molar-refractivity contribution in [1.29, 1.82) is 0 Å². The molecule has 2 rings (SSSR count). The van der Waals surface area contributed by atoms with Crippen molar-refractivity contribution in [2.45, 2.75) is 26.3 Å². The van der Waals surface area contributed by atoms with Gasteiger partial charge >= 0.3 is 0 Å². The Morgan fingerprint density at radius 3 is 2.70 bits per heavy atom. The third kappa shape index (κ3) is 4.30. The summed E-state index contributed by atoms with van der Waals surface area (Å²) in [6.07, 6.45) is 2.45. The molecule has 0 spiro atoms. The van der Waals surface area contributed by atoms with Gasteiger partial charge in [0.15, 0.2) is 0 Å². The normalized spacial score (nSPS) is 23.1. The van der Waals surface area contributed by atoms with Crippen LogP contribution in [0.15, 0.2) is 30.3 Å². The molecule has 112 valence electrons. The lowest BCUT2D eigenvalue weighted by molar-refractivity contribution is -0.0259. The van der Waals surface area contributed by atoms with Crippen LogP contribution in [0.3, 0.4) is 0 Å². The van der Waals surface area contributed by atoms with Gasteiger partial charge in [0.05, 0.1) is 6.61 Å². The number of nitrogens with zero attached hydrogens (tertiary/aromatic N) is 1. The van der Waals surface area contributed by atoms with Gasteiger partial charge in [-0.1, -0.05) is 37.3 Å². The fourth-order valence-electron chi connectivity index (χ4n) is 3.20. The zero-order valence-electron chi connectivity index (χ0n) is 12.9. The van der Waals surface area contributed by atoms with Gasteiger partial charge in [-0.05, 0) is 32.0 Å². The Labute approximate surface area is 123 Å². The summed E-state index contributed by atoms with van der Waals surface area (Å²) in [7, 11) is 2.05. The van der Waals surface area contributed by atoms with Gasteiger partial charge < -0.3 is 10.1 Å². The SMILES string of the molecule is CCN(Cc1ccccc1)CC1(CNC)CCCOC1. The lowest BCUT2D eigenvalue weighted by atomic mass is 9.81. The number of benzene rings is 1. The van der Waals surface area contributed by atoms with Gasteiger partial charge in [0.2, 0.25) is 0 Å². The Balaban J connectivity index is 1.99. The quantitative estimate of drug-likeness (QED) is 0.828. The minimum Gasteiger partial charge on any atom is -0.381 e. The van der Waals surface area contributed by atoms with Crippen molar-refractivity contribution in [3.63, 3.8) is 0 Å². The van der Waals surface area contributed by atoms with Gasteiger partial charge in [0.1, 0.15) is 0 Å². The first-order chi connectivity index (χ1) is 9.78. The fourth-order valence-corrected chi connectivity index (χ4v) is 3.20. The third-order valence-electron chi connectivity index (χ3n) is 4.21. The molecule has 1 aliphatic rings. The van der Waals surface area contributed by atoms with Gasteiger partial charge in [0.25, 0.3) is 0 Å². The van der Waals surface area contributed by atoms with E-state index in [0.29, 0.717) is 0 Å². The molecule has 1 N–H and O–H groups in total. The van der Waals surface area contributed by atoms with E-state index >= 15 is 0 Å². The highest BCUT2D eigenvalue weighted by atomic mass is 16.5. The molecule has 0 aliphatic carbocycles. The number of hydrogen-bond acceptors (Lipinski definition) is 3. The molecule has 0 radical (unpaired) electrons. The maximum Gasteiger partial charge on any atom is 0.0546 e. The van der Waals surface area contributed by atoms with Gasteiger partial charge in [-0.2, -0.15) is 0 Å². The summed E-state index contributed by atoms with van der Waals surface area (Å²) in [5.74, 6) is 0. The molecule has 0 amide bonds. The molecule has 1 saturated heterocycles. The molecule has 20 heavy (non-hydrogen) atoms. The summed E-state index contributed by atoms with van der Waals surface area (Å²) >= 11 is 0. The molecular weight excluding hydrogens is 248 g/mol. The average molecular weight is 276 g/mol. The number of hydrogen-bond donors (Lipinski definition) is 1. The molecule has 1 aromatic carbocycles. The highest BCUT2D eigenvalue weighted by Crippen LogP contribution is 2.29. The molecular formula is C17H28N2O. The van der Waals surface area contributed by atoms with Gasteiger partial charge in [-0.15, -0.1) is 0 Å². The van der Waals surface area contributed by atoms with E-state index in [0.717, 1.165) is 39.4 Å². The lowest BCUT2D eigenvalue weighted by Gasteiger charge is -2.40. The molecule has 0 bridgehead atoms. The fraction of sp³-hybridized carbons (Fsp3) is 0.647. The first-order valence-corrected chi connectivity index (χ1v) is 7.77. The zero-order valence-corrected chi connectivity index (χ0v) is 12.9. The monoisotopic (exact) mass is 276 g/mol. The summed E-state index contributed by atoms with van der Waals surface area (Å²) in [4.78, 5) is 2.54. The molecule has 1 atom stereocenters. The first-order valence-electron chi connectivity index (χ1n) is 7.77. The summed E-state index contributed by atoms with van der Waals surface area (Å²) in [6.45, 7) is 8.33. The number of nitrogens with one attached hydrogen (secondary N) is 1. The zero-order chi connectivity index (χ0) is 14.3. The second-order valence-corrected chi connectivity index (χ2v) is 5.98. The Hall–Kier alpha value is -0.900. The molecule has 1 heterocycles. The van der Waals surface area contributed by atoms with E-state index in [1.165, 1.54) is 18.4 Å². The van der Waals surface area contributed by atoms with Crippen molar-refractivity contribution in [2.75, 3.05) is 39.9 Å². The van der Waals surface area contributed by atoms with Crippen LogP contribution in [0.5, 0.6) is 0 Å². The highest BCUT2D eigenvalue weighted by Gasteiger charge is 2.33. The van der Waals surface area contributed by atoms with Crippen molar-refractivity contribution >= 4 is 0 Å². The molecule has 3 nitrogen and oxygen atoms in total. The van der Waals surface area contributed by atoms with Gasteiger partial charge in [-0.25, -0.2) is 0 Å². The van der Waals surface area contributed by atoms with Crippen LogP contribution in [0.4, 0.5) is 0 Å². The number of rotatable bonds is 7. The molecule has 1 aliphatic heterocycles. The van der Waals surface area contributed by atoms with E-state index in [9.17, 15) is 0 Å². The summed E-state index contributed by atoms with van der Waals surface area (Å²) in [5.41, 5.74) is 1.67. The standard InChI is InChI=1S/C17H28N2O/c1-3-19(12-16-8-5-4-6-9-16)14-17(13-18-2)10-7-11-20-15-17/h4-6,8-9,18H,3,7,10-15H2,1-2H3. The van der Waals surface area contributed by atoms with Crippen molar-refractivity contribution in [1.82, 2.24) is 10.2 Å². The van der Waals surface area contributed by atoms with Crippen molar-refractivity contribution in [2.24, 2.45) is 5.41 Å². The minimum absolute atomic E-state index is 0.276. The predicted octanol–water partition coefficient (Wildman–Crippen LogP) is 2.52. The summed E-state index contributed by atoms with van der Waals surface area (Å²) < 4.78 is 5.77. The topological polar surface area (TPSA) is 24.5 Å². The third-order valence-corrected chi connectivity index (χ3v) is 4.21. The minimum atomic E-state index is 0.276. The smallest absolute Gasteiger partial charge is 0.0546 e. The van der Waals surface area contributed by atoms with E-state index in [2.05, 4.69) is 47.5 Å². The second-order valence-electron chi connectivity index (χ2n) is 5.98. The Bertz CT molecular complexity index is 368. The Kier molecular flexibility index (Phi) is 6.02. The van der Waals surface area contributed by atoms with Gasteiger partial charge in [0, 0.05) is 31.7 Å². The van der Waals surface area contributed by atoms with E-state index in [-0.39, 0.29) is 5.41 Å². The summed E-state index contributed by atoms with van der Waals surface area (Å²) in [6, 6.07) is 10.7. The van der Waals surface area contributed by atoms with Crippen LogP contribution >= 0.6 is 0 Å². The van der Waals surface area contributed by atoms with Crippen LogP contribution in [0.2, 0.25) is 0 Å². The predicted molar refractivity (Wildman–Crippen MR) is 83.8 cm³/mol. The van der Waals surface area contributed by atoms with Crippen LogP contribution < -0.4 is 5.32 Å². The molecule has 0 aromatic heterocycles. The molecule has 3 heteroatoms. The highest BCUT2D eigenvalue weighted by molar-refractivity contribution is 5.14. The Morgan fingerprint density at radius 1 is 1.30 bits per heavy atom. The van der Waals surface area contributed by atoms with Crippen LogP contribution in [0.25, 0.3) is 0 Å². The molecule has 1 fully saturated rings. The largest absolute Gasteiger partial charge is 0.381 e. The van der Waals surface area contributed by atoms with Crippen LogP contribution in [-0.4, -0.2) is 44.8 Å². The van der Waals surface area contributed by atoms with Crippen molar-refractivity contribution in [3.8, 4) is 0 Å². The van der Waals surface area contributed by atoms with Crippen LogP contribution in [0.1, 0.15) is 25.3 Å². The maximum absolute atomic E-state index is 5.77. The van der Waals surface area contributed by atoms with Crippen molar-refractivity contribution < 1.29 is 4.74 Å². The van der Waals surface area contributed by atoms with E-state index in [1.807, 2.05) is 7.05 Å². The van der Waals surface area contributed by atoms with E-state index < -0.39 is 0 Å². The van der Waals surface area contributed by atoms with Crippen molar-refractivity contribution in [3.05, 3.63) is 35.9 Å². The van der Waals surface area contributed by atoms with Gasteiger partial charge in [-0.3, -0.25) is 4.90 Å². The average Bonchev–Trinajstić information content (AvgIpc) is 2.49. The number of ether oxygens (including phenoxy) is 1. The second kappa shape index (κ2) is 7.77. The van der Waals surface area contributed by atoms with E-state index in [4.69, 9.17) is 4.74 Å².